The molecule has 3 aromatic rings. The van der Waals surface area contributed by atoms with Crippen molar-refractivity contribution < 1.29 is 0 Å². The maximum absolute atomic E-state index is 4.65. The summed E-state index contributed by atoms with van der Waals surface area (Å²) >= 11 is 1.67. The minimum Gasteiger partial charge on any atom is -0.357 e. The Morgan fingerprint density at radius 1 is 1.26 bits per heavy atom. The third-order valence-corrected chi connectivity index (χ3v) is 4.82. The van der Waals surface area contributed by atoms with Crippen LogP contribution in [-0.4, -0.2) is 33.4 Å². The van der Waals surface area contributed by atoms with Crippen LogP contribution in [0.3, 0.4) is 0 Å². The van der Waals surface area contributed by atoms with Crippen LogP contribution in [0.2, 0.25) is 0 Å². The van der Waals surface area contributed by atoms with Crippen molar-refractivity contribution in [3.05, 3.63) is 52.4 Å². The molecule has 0 saturated carbocycles. The molecule has 0 unspecified atom stereocenters. The molecule has 3 rings (SSSR count). The molecule has 0 saturated heterocycles. The molecule has 0 aliphatic heterocycles. The number of aliphatic imine (C=N–C) groups is 1. The monoisotopic (exact) mass is 498 g/mol. The van der Waals surface area contributed by atoms with Gasteiger partial charge in [0, 0.05) is 37.3 Å². The van der Waals surface area contributed by atoms with E-state index in [1.54, 1.807) is 11.3 Å². The summed E-state index contributed by atoms with van der Waals surface area (Å²) in [6.07, 6.45) is 4.94. The van der Waals surface area contributed by atoms with Crippen LogP contribution < -0.4 is 10.6 Å². The first-order valence-corrected chi connectivity index (χ1v) is 9.92. The Morgan fingerprint density at radius 2 is 2.11 bits per heavy atom. The van der Waals surface area contributed by atoms with Crippen molar-refractivity contribution >= 4 is 46.9 Å². The number of halogens is 1. The van der Waals surface area contributed by atoms with Gasteiger partial charge in [0.05, 0.1) is 17.9 Å². The third kappa shape index (κ3) is 6.17. The van der Waals surface area contributed by atoms with E-state index in [2.05, 4.69) is 57.9 Å². The van der Waals surface area contributed by atoms with Crippen LogP contribution in [0.5, 0.6) is 0 Å². The van der Waals surface area contributed by atoms with Gasteiger partial charge < -0.3 is 15.0 Å². The second kappa shape index (κ2) is 10.6. The Kier molecular flexibility index (Phi) is 8.49. The van der Waals surface area contributed by atoms with Crippen LogP contribution in [0.15, 0.2) is 41.0 Å². The molecule has 0 aliphatic rings. The summed E-state index contributed by atoms with van der Waals surface area (Å²) in [7, 11) is 0. The van der Waals surface area contributed by atoms with Crippen molar-refractivity contribution in [1.29, 1.82) is 0 Å². The quantitative estimate of drug-likeness (QED) is 0.295. The highest BCUT2D eigenvalue weighted by atomic mass is 127. The minimum atomic E-state index is 0. The van der Waals surface area contributed by atoms with Crippen molar-refractivity contribution in [1.82, 2.24) is 25.0 Å². The lowest BCUT2D eigenvalue weighted by molar-refractivity contribution is 0.787. The zero-order valence-corrected chi connectivity index (χ0v) is 19.1. The van der Waals surface area contributed by atoms with E-state index in [9.17, 15) is 0 Å². The number of pyridine rings is 1. The number of fused-ring (bicyclic) bond motifs is 1. The first kappa shape index (κ1) is 21.6. The van der Waals surface area contributed by atoms with E-state index in [1.165, 1.54) is 0 Å². The predicted octanol–water partition coefficient (Wildman–Crippen LogP) is 3.83. The van der Waals surface area contributed by atoms with Crippen LogP contribution in [0, 0.1) is 0 Å². The van der Waals surface area contributed by atoms with Gasteiger partial charge in [-0.2, -0.15) is 0 Å². The molecule has 8 heteroatoms. The molecule has 0 bridgehead atoms. The Hall–Kier alpha value is -1.68. The van der Waals surface area contributed by atoms with E-state index in [0.717, 1.165) is 47.5 Å². The maximum Gasteiger partial charge on any atom is 0.191 e. The number of thiazole rings is 1. The van der Waals surface area contributed by atoms with Crippen molar-refractivity contribution in [2.24, 2.45) is 4.99 Å². The normalized spacial score (nSPS) is 11.6. The molecular formula is C19H27IN6S. The Bertz CT molecular complexity index is 837. The molecule has 0 spiro atoms. The second-order valence-electron chi connectivity index (χ2n) is 6.39. The Balaban J connectivity index is 0.00000261. The number of hydrogen-bond donors (Lipinski definition) is 2. The average Bonchev–Trinajstić information content (AvgIpc) is 3.26. The number of guanidine groups is 1. The smallest absolute Gasteiger partial charge is 0.191 e. The molecule has 0 atom stereocenters. The summed E-state index contributed by atoms with van der Waals surface area (Å²) in [6.45, 7) is 8.60. The van der Waals surface area contributed by atoms with Gasteiger partial charge in [-0.25, -0.2) is 15.0 Å². The summed E-state index contributed by atoms with van der Waals surface area (Å²) < 4.78 is 2.05. The SMILES string of the molecule is CCNC(=NCc1nc(C(C)C)cs1)NCCc1cn2ccccc2n1.I. The van der Waals surface area contributed by atoms with Gasteiger partial charge in [-0.15, -0.1) is 35.3 Å². The van der Waals surface area contributed by atoms with Crippen LogP contribution in [0.4, 0.5) is 0 Å². The molecule has 0 radical (unpaired) electrons. The summed E-state index contributed by atoms with van der Waals surface area (Å²) in [5, 5.41) is 9.84. The summed E-state index contributed by atoms with van der Waals surface area (Å²) in [5.74, 6) is 1.28. The van der Waals surface area contributed by atoms with Crippen molar-refractivity contribution in [2.75, 3.05) is 13.1 Å². The van der Waals surface area contributed by atoms with Crippen molar-refractivity contribution in [2.45, 2.75) is 39.7 Å². The van der Waals surface area contributed by atoms with Gasteiger partial charge in [0.15, 0.2) is 5.96 Å². The van der Waals surface area contributed by atoms with E-state index in [4.69, 9.17) is 0 Å². The topological polar surface area (TPSA) is 66.6 Å². The molecule has 0 aliphatic carbocycles. The molecule has 0 fully saturated rings. The number of hydrogen-bond acceptors (Lipinski definition) is 4. The fourth-order valence-corrected chi connectivity index (χ4v) is 3.45. The third-order valence-electron chi connectivity index (χ3n) is 3.97. The Morgan fingerprint density at radius 3 is 2.81 bits per heavy atom. The predicted molar refractivity (Wildman–Crippen MR) is 123 cm³/mol. The van der Waals surface area contributed by atoms with Crippen LogP contribution >= 0.6 is 35.3 Å². The summed E-state index contributed by atoms with van der Waals surface area (Å²) in [4.78, 5) is 13.9. The fourth-order valence-electron chi connectivity index (χ4n) is 2.57. The molecular weight excluding hydrogens is 471 g/mol. The van der Waals surface area contributed by atoms with E-state index >= 15 is 0 Å². The van der Waals surface area contributed by atoms with Crippen molar-refractivity contribution in [3.63, 3.8) is 0 Å². The first-order valence-electron chi connectivity index (χ1n) is 9.04. The van der Waals surface area contributed by atoms with Gasteiger partial charge in [-0.3, -0.25) is 0 Å². The number of nitrogens with one attached hydrogen (secondary N) is 2. The molecule has 3 heterocycles. The van der Waals surface area contributed by atoms with Gasteiger partial charge in [0.1, 0.15) is 10.7 Å². The highest BCUT2D eigenvalue weighted by Gasteiger charge is 2.06. The lowest BCUT2D eigenvalue weighted by atomic mass is 10.2. The largest absolute Gasteiger partial charge is 0.357 e. The van der Waals surface area contributed by atoms with Gasteiger partial charge >= 0.3 is 0 Å². The lowest BCUT2D eigenvalue weighted by Gasteiger charge is -2.10. The van der Waals surface area contributed by atoms with Gasteiger partial charge in [0.25, 0.3) is 0 Å². The first-order chi connectivity index (χ1) is 12.7. The second-order valence-corrected chi connectivity index (χ2v) is 7.33. The molecule has 0 aromatic carbocycles. The van der Waals surface area contributed by atoms with Gasteiger partial charge in [-0.05, 0) is 25.0 Å². The van der Waals surface area contributed by atoms with Crippen LogP contribution in [-0.2, 0) is 13.0 Å². The molecule has 146 valence electrons. The lowest BCUT2D eigenvalue weighted by Crippen LogP contribution is -2.38. The highest BCUT2D eigenvalue weighted by Crippen LogP contribution is 2.18. The molecule has 2 N–H and O–H groups in total. The molecule has 27 heavy (non-hydrogen) atoms. The minimum absolute atomic E-state index is 0. The Labute approximate surface area is 181 Å². The van der Waals surface area contributed by atoms with Gasteiger partial charge in [0.2, 0.25) is 0 Å². The standard InChI is InChI=1S/C19H26N6S.HI/c1-4-20-19(22-11-18-24-16(13-26-18)14(2)3)21-9-8-15-12-25-10-6-5-7-17(25)23-15;/h5-7,10,12-14H,4,8-9,11H2,1-3H3,(H2,20,21,22);1H. The molecule has 0 amide bonds. The highest BCUT2D eigenvalue weighted by molar-refractivity contribution is 14.0. The molecule has 3 aromatic heterocycles. The zero-order valence-electron chi connectivity index (χ0n) is 16.0. The number of rotatable bonds is 7. The number of imidazole rings is 1. The fraction of sp³-hybridized carbons (Fsp3) is 0.421. The van der Waals surface area contributed by atoms with E-state index < -0.39 is 0 Å². The van der Waals surface area contributed by atoms with Crippen molar-refractivity contribution in [3.8, 4) is 0 Å². The molecule has 6 nitrogen and oxygen atoms in total. The zero-order chi connectivity index (χ0) is 18.4. The van der Waals surface area contributed by atoms with E-state index in [0.29, 0.717) is 12.5 Å². The number of nitrogens with zero attached hydrogens (tertiary/aromatic N) is 4. The average molecular weight is 498 g/mol. The summed E-state index contributed by atoms with van der Waals surface area (Å²) in [6, 6.07) is 6.03. The van der Waals surface area contributed by atoms with E-state index in [-0.39, 0.29) is 24.0 Å². The number of aromatic nitrogens is 3. The maximum atomic E-state index is 4.65. The van der Waals surface area contributed by atoms with Crippen LogP contribution in [0.1, 0.15) is 43.1 Å². The van der Waals surface area contributed by atoms with E-state index in [1.807, 2.05) is 28.8 Å². The van der Waals surface area contributed by atoms with Gasteiger partial charge in [-0.1, -0.05) is 19.9 Å². The van der Waals surface area contributed by atoms with Crippen LogP contribution in [0.25, 0.3) is 5.65 Å². The summed E-state index contributed by atoms with van der Waals surface area (Å²) in [5.41, 5.74) is 3.19.